The second-order valence-corrected chi connectivity index (χ2v) is 8.81. The second-order valence-electron chi connectivity index (χ2n) is 6.24. The zero-order valence-corrected chi connectivity index (χ0v) is 18.5. The van der Waals surface area contributed by atoms with Crippen LogP contribution in [-0.2, 0) is 14.8 Å². The maximum atomic E-state index is 12.7. The van der Waals surface area contributed by atoms with Crippen molar-refractivity contribution in [2.45, 2.75) is 17.3 Å². The summed E-state index contributed by atoms with van der Waals surface area (Å²) in [5.74, 6) is -5.57. The van der Waals surface area contributed by atoms with Crippen LogP contribution in [0.4, 0.5) is 18.9 Å². The molecule has 0 spiro atoms. The number of halogens is 4. The van der Waals surface area contributed by atoms with E-state index >= 15 is 0 Å². The Bertz CT molecular complexity index is 1190. The number of phenolic OH excluding ortho intramolecular Hbond substituents is 2. The molecule has 2 aromatic rings. The van der Waals surface area contributed by atoms with Gasteiger partial charge in [0.25, 0.3) is 15.9 Å². The third-order valence-electron chi connectivity index (χ3n) is 3.85. The monoisotopic (exact) mass is 557 g/mol. The molecule has 2 aromatic carbocycles. The summed E-state index contributed by atoms with van der Waals surface area (Å²) in [7, 11) is -4.71. The second kappa shape index (κ2) is 9.72. The van der Waals surface area contributed by atoms with Crippen molar-refractivity contribution in [3.05, 3.63) is 40.4 Å². The SMILES string of the molecule is NC(=O)C(CO)NC(=O)c1cc(OC(F)(F)F)cc(NS(=O)(=O)c2cc(Br)ccc2O)c1O. The van der Waals surface area contributed by atoms with Gasteiger partial charge in [0.05, 0.1) is 17.9 Å². The maximum Gasteiger partial charge on any atom is 0.573 e. The molecule has 0 aliphatic carbocycles. The predicted octanol–water partition coefficient (Wildman–Crippen LogP) is 1.14. The normalized spacial score (nSPS) is 12.6. The Morgan fingerprint density at radius 1 is 1.18 bits per heavy atom. The van der Waals surface area contributed by atoms with E-state index in [-0.39, 0.29) is 4.47 Å². The fraction of sp³-hybridized carbons (Fsp3) is 0.176. The maximum absolute atomic E-state index is 12.7. The number of nitrogens with two attached hydrogens (primary N) is 1. The molecule has 0 saturated heterocycles. The molecular formula is C17H15BrF3N3O8S. The third-order valence-corrected chi connectivity index (χ3v) is 5.74. The number of aromatic hydroxyl groups is 2. The molecule has 16 heteroatoms. The van der Waals surface area contributed by atoms with Crippen LogP contribution in [0.2, 0.25) is 0 Å². The molecule has 7 N–H and O–H groups in total. The van der Waals surface area contributed by atoms with Crippen molar-refractivity contribution in [2.24, 2.45) is 5.73 Å². The number of amides is 2. The average Bonchev–Trinajstić information content (AvgIpc) is 2.68. The zero-order chi connectivity index (χ0) is 25.1. The molecule has 1 atom stereocenters. The molecule has 0 aliphatic rings. The number of aliphatic hydroxyl groups excluding tert-OH is 1. The van der Waals surface area contributed by atoms with Crippen molar-refractivity contribution in [3.63, 3.8) is 0 Å². The van der Waals surface area contributed by atoms with Crippen LogP contribution in [0, 0.1) is 0 Å². The molecule has 0 radical (unpaired) electrons. The minimum atomic E-state index is -5.26. The summed E-state index contributed by atoms with van der Waals surface area (Å²) in [5.41, 5.74) is 3.08. The molecule has 2 rings (SSSR count). The first-order valence-electron chi connectivity index (χ1n) is 8.49. The topological polar surface area (TPSA) is 188 Å². The van der Waals surface area contributed by atoms with Crippen molar-refractivity contribution in [2.75, 3.05) is 11.3 Å². The molecular weight excluding hydrogens is 543 g/mol. The van der Waals surface area contributed by atoms with Crippen LogP contribution in [0.3, 0.4) is 0 Å². The summed E-state index contributed by atoms with van der Waals surface area (Å²) in [6, 6.07) is 2.48. The van der Waals surface area contributed by atoms with Crippen LogP contribution in [-0.4, -0.2) is 54.6 Å². The van der Waals surface area contributed by atoms with Crippen molar-refractivity contribution in [3.8, 4) is 17.2 Å². The van der Waals surface area contributed by atoms with Crippen molar-refractivity contribution in [1.82, 2.24) is 5.32 Å². The highest BCUT2D eigenvalue weighted by Crippen LogP contribution is 2.37. The van der Waals surface area contributed by atoms with E-state index in [9.17, 15) is 41.4 Å². The fourth-order valence-corrected chi connectivity index (χ4v) is 4.09. The number of phenols is 2. The van der Waals surface area contributed by atoms with Crippen LogP contribution in [0.15, 0.2) is 39.7 Å². The van der Waals surface area contributed by atoms with E-state index in [0.717, 1.165) is 12.1 Å². The van der Waals surface area contributed by atoms with E-state index in [1.54, 1.807) is 4.72 Å². The van der Waals surface area contributed by atoms with Gasteiger partial charge < -0.3 is 31.1 Å². The van der Waals surface area contributed by atoms with Crippen LogP contribution in [0.25, 0.3) is 0 Å². The highest BCUT2D eigenvalue weighted by Gasteiger charge is 2.33. The molecule has 11 nitrogen and oxygen atoms in total. The van der Waals surface area contributed by atoms with Crippen LogP contribution < -0.4 is 20.5 Å². The molecule has 0 fully saturated rings. The summed E-state index contributed by atoms with van der Waals surface area (Å²) in [4.78, 5) is 22.9. The number of rotatable bonds is 8. The van der Waals surface area contributed by atoms with Gasteiger partial charge in [0.2, 0.25) is 5.91 Å². The Morgan fingerprint density at radius 2 is 1.82 bits per heavy atom. The number of primary amides is 1. The van der Waals surface area contributed by atoms with Gasteiger partial charge in [-0.15, -0.1) is 13.2 Å². The first-order valence-corrected chi connectivity index (χ1v) is 10.8. The summed E-state index contributed by atoms with van der Waals surface area (Å²) >= 11 is 3.00. The third kappa shape index (κ3) is 6.62. The van der Waals surface area contributed by atoms with Gasteiger partial charge >= 0.3 is 6.36 Å². The number of aliphatic hydroxyl groups is 1. The molecule has 180 valence electrons. The molecule has 0 aliphatic heterocycles. The molecule has 0 bridgehead atoms. The van der Waals surface area contributed by atoms with Gasteiger partial charge in [-0.1, -0.05) is 15.9 Å². The van der Waals surface area contributed by atoms with Crippen LogP contribution in [0.5, 0.6) is 17.2 Å². The standard InChI is InChI=1S/C17H15BrF3N3O8S/c18-7-1-2-12(26)13(3-7)33(30,31)24-10-5-8(32-17(19,20)21)4-9(14(10)27)16(29)23-11(6-25)15(22)28/h1-5,11,24-27H,6H2,(H2,22,28)(H,23,29). The predicted molar refractivity (Wildman–Crippen MR) is 109 cm³/mol. The van der Waals surface area contributed by atoms with Crippen molar-refractivity contribution in [1.29, 1.82) is 0 Å². The van der Waals surface area contributed by atoms with Gasteiger partial charge in [-0.2, -0.15) is 0 Å². The Balaban J connectivity index is 2.58. The van der Waals surface area contributed by atoms with E-state index in [2.05, 4.69) is 20.7 Å². The molecule has 1 unspecified atom stereocenters. The number of sulfonamides is 1. The first-order chi connectivity index (χ1) is 15.1. The number of benzene rings is 2. The van der Waals surface area contributed by atoms with E-state index in [0.29, 0.717) is 12.1 Å². The lowest BCUT2D eigenvalue weighted by Crippen LogP contribution is -2.46. The number of hydrogen-bond donors (Lipinski definition) is 6. The zero-order valence-electron chi connectivity index (χ0n) is 16.1. The number of hydrogen-bond acceptors (Lipinski definition) is 8. The van der Waals surface area contributed by atoms with Gasteiger partial charge in [-0.3, -0.25) is 14.3 Å². The highest BCUT2D eigenvalue weighted by atomic mass is 79.9. The van der Waals surface area contributed by atoms with Gasteiger partial charge in [-0.05, 0) is 24.3 Å². The minimum absolute atomic E-state index is 0.223. The van der Waals surface area contributed by atoms with Crippen molar-refractivity contribution < 1.29 is 51.2 Å². The van der Waals surface area contributed by atoms with Gasteiger partial charge in [0.1, 0.15) is 22.4 Å². The molecule has 0 saturated carbocycles. The number of carbonyl (C=O) groups excluding carboxylic acids is 2. The van der Waals surface area contributed by atoms with Gasteiger partial charge in [0, 0.05) is 10.5 Å². The number of anilines is 1. The lowest BCUT2D eigenvalue weighted by molar-refractivity contribution is -0.274. The Kier molecular flexibility index (Phi) is 7.66. The Morgan fingerprint density at radius 3 is 2.36 bits per heavy atom. The summed E-state index contributed by atoms with van der Waals surface area (Å²) in [6.45, 7) is -0.970. The van der Waals surface area contributed by atoms with E-state index in [4.69, 9.17) is 10.8 Å². The summed E-state index contributed by atoms with van der Waals surface area (Å²) < 4.78 is 69.2. The molecule has 33 heavy (non-hydrogen) atoms. The average molecular weight is 558 g/mol. The number of nitrogens with one attached hydrogen (secondary N) is 2. The number of alkyl halides is 3. The van der Waals surface area contributed by atoms with Crippen molar-refractivity contribution >= 4 is 43.5 Å². The van der Waals surface area contributed by atoms with E-state index in [1.165, 1.54) is 6.07 Å². The summed E-state index contributed by atoms with van der Waals surface area (Å²) in [5, 5.41) is 31.2. The number of carbonyl (C=O) groups is 2. The highest BCUT2D eigenvalue weighted by molar-refractivity contribution is 9.10. The fourth-order valence-electron chi connectivity index (χ4n) is 2.40. The van der Waals surface area contributed by atoms with Crippen LogP contribution >= 0.6 is 15.9 Å². The minimum Gasteiger partial charge on any atom is -0.507 e. The van der Waals surface area contributed by atoms with E-state index in [1.807, 2.05) is 5.32 Å². The molecule has 0 heterocycles. The Hall–Kier alpha value is -3.24. The smallest absolute Gasteiger partial charge is 0.507 e. The lowest BCUT2D eigenvalue weighted by atomic mass is 10.1. The van der Waals surface area contributed by atoms with Gasteiger partial charge in [0.15, 0.2) is 5.75 Å². The summed E-state index contributed by atoms with van der Waals surface area (Å²) in [6.07, 6.45) is -5.26. The lowest BCUT2D eigenvalue weighted by Gasteiger charge is -2.18. The molecule has 0 aromatic heterocycles. The number of ether oxygens (including phenoxy) is 1. The first kappa shape index (κ1) is 26.0. The van der Waals surface area contributed by atoms with E-state index < -0.39 is 74.2 Å². The van der Waals surface area contributed by atoms with Crippen LogP contribution in [0.1, 0.15) is 10.4 Å². The molecule has 2 amide bonds. The largest absolute Gasteiger partial charge is 0.573 e. The van der Waals surface area contributed by atoms with Gasteiger partial charge in [-0.25, -0.2) is 8.42 Å². The quantitative estimate of drug-likeness (QED) is 0.260. The Labute approximate surface area is 192 Å².